The highest BCUT2D eigenvalue weighted by Gasteiger charge is 2.19. The molecule has 1 nitrogen and oxygen atoms in total. The van der Waals surface area contributed by atoms with E-state index in [2.05, 4.69) is 59.4 Å². The summed E-state index contributed by atoms with van der Waals surface area (Å²) in [6, 6.07) is 9.87. The predicted octanol–water partition coefficient (Wildman–Crippen LogP) is 5.85. The van der Waals surface area contributed by atoms with E-state index < -0.39 is 0 Å². The van der Waals surface area contributed by atoms with Gasteiger partial charge < -0.3 is 5.32 Å². The number of hydrogen-bond acceptors (Lipinski definition) is 1. The number of hydrogen-bond donors (Lipinski definition) is 1. The summed E-state index contributed by atoms with van der Waals surface area (Å²) >= 11 is 3.50. The molecule has 1 aromatic rings. The summed E-state index contributed by atoms with van der Waals surface area (Å²) in [7, 11) is 0. The van der Waals surface area contributed by atoms with Crippen molar-refractivity contribution < 1.29 is 0 Å². The van der Waals surface area contributed by atoms with Crippen LogP contribution in [0.2, 0.25) is 0 Å². The zero-order valence-corrected chi connectivity index (χ0v) is 14.5. The molecule has 0 saturated heterocycles. The van der Waals surface area contributed by atoms with E-state index in [9.17, 15) is 0 Å². The Morgan fingerprint density at radius 2 is 1.90 bits per heavy atom. The molecule has 20 heavy (non-hydrogen) atoms. The maximum atomic E-state index is 3.84. The Labute approximate surface area is 132 Å². The molecular formula is C18H28BrN. The van der Waals surface area contributed by atoms with Gasteiger partial charge in [-0.25, -0.2) is 0 Å². The fraction of sp³-hybridized carbons (Fsp3) is 0.667. The van der Waals surface area contributed by atoms with Crippen molar-refractivity contribution in [2.45, 2.75) is 70.9 Å². The van der Waals surface area contributed by atoms with Crippen molar-refractivity contribution in [2.75, 3.05) is 0 Å². The van der Waals surface area contributed by atoms with E-state index in [4.69, 9.17) is 0 Å². The lowest BCUT2D eigenvalue weighted by Crippen LogP contribution is -2.31. The van der Waals surface area contributed by atoms with Gasteiger partial charge >= 0.3 is 0 Å². The average Bonchev–Trinajstić information content (AvgIpc) is 2.66. The van der Waals surface area contributed by atoms with Crippen LogP contribution >= 0.6 is 15.9 Å². The van der Waals surface area contributed by atoms with Crippen LogP contribution < -0.4 is 5.32 Å². The second kappa shape index (κ2) is 8.19. The first kappa shape index (κ1) is 16.0. The third kappa shape index (κ3) is 4.89. The van der Waals surface area contributed by atoms with Gasteiger partial charge in [0, 0.05) is 16.6 Å². The molecule has 0 aromatic heterocycles. The zero-order valence-electron chi connectivity index (χ0n) is 12.9. The van der Waals surface area contributed by atoms with Crippen LogP contribution in [0.1, 0.15) is 70.4 Å². The molecule has 3 atom stereocenters. The Hall–Kier alpha value is -0.340. The summed E-state index contributed by atoms with van der Waals surface area (Å²) < 4.78 is 1.16. The number of halogens is 1. The Balaban J connectivity index is 1.85. The van der Waals surface area contributed by atoms with Gasteiger partial charge in [-0.2, -0.15) is 0 Å². The molecule has 0 bridgehead atoms. The molecule has 1 saturated carbocycles. The summed E-state index contributed by atoms with van der Waals surface area (Å²) in [5.74, 6) is 0.981. The van der Waals surface area contributed by atoms with Gasteiger partial charge in [-0.1, -0.05) is 60.7 Å². The van der Waals surface area contributed by atoms with Crippen molar-refractivity contribution in [3.63, 3.8) is 0 Å². The minimum atomic E-state index is 0.454. The normalized spacial score (nSPS) is 25.1. The van der Waals surface area contributed by atoms with Crippen LogP contribution in [0, 0.1) is 5.92 Å². The highest BCUT2D eigenvalue weighted by molar-refractivity contribution is 9.10. The van der Waals surface area contributed by atoms with Gasteiger partial charge in [-0.3, -0.25) is 0 Å². The first-order valence-corrected chi connectivity index (χ1v) is 9.00. The van der Waals surface area contributed by atoms with Crippen molar-refractivity contribution in [3.8, 4) is 0 Å². The molecule has 1 N–H and O–H groups in total. The van der Waals surface area contributed by atoms with E-state index in [1.807, 2.05) is 0 Å². The van der Waals surface area contributed by atoms with Crippen LogP contribution in [0.25, 0.3) is 0 Å². The molecule has 1 aliphatic carbocycles. The van der Waals surface area contributed by atoms with Crippen molar-refractivity contribution >= 4 is 15.9 Å². The number of benzene rings is 1. The minimum Gasteiger partial charge on any atom is -0.307 e. The molecule has 0 heterocycles. The second-order valence-corrected chi connectivity index (χ2v) is 7.22. The summed E-state index contributed by atoms with van der Waals surface area (Å²) in [4.78, 5) is 0. The Bertz CT molecular complexity index is 387. The van der Waals surface area contributed by atoms with Crippen molar-refractivity contribution in [1.29, 1.82) is 0 Å². The molecule has 0 aliphatic heterocycles. The molecule has 1 aliphatic rings. The molecule has 0 amide bonds. The number of nitrogens with one attached hydrogen (secondary N) is 1. The van der Waals surface area contributed by atoms with Gasteiger partial charge in [-0.15, -0.1) is 0 Å². The molecular weight excluding hydrogens is 310 g/mol. The lowest BCUT2D eigenvalue weighted by atomic mass is 9.95. The molecule has 2 heteroatoms. The Morgan fingerprint density at radius 3 is 2.60 bits per heavy atom. The molecule has 1 fully saturated rings. The highest BCUT2D eigenvalue weighted by atomic mass is 79.9. The van der Waals surface area contributed by atoms with Crippen LogP contribution in [0.5, 0.6) is 0 Å². The Kier molecular flexibility index (Phi) is 6.57. The molecule has 0 spiro atoms. The van der Waals surface area contributed by atoms with Crippen LogP contribution in [-0.2, 0) is 0 Å². The van der Waals surface area contributed by atoms with Gasteiger partial charge in [-0.05, 0) is 49.8 Å². The van der Waals surface area contributed by atoms with Gasteiger partial charge in [0.1, 0.15) is 0 Å². The maximum absolute atomic E-state index is 3.84. The third-order valence-corrected chi connectivity index (χ3v) is 5.17. The van der Waals surface area contributed by atoms with Gasteiger partial charge in [0.05, 0.1) is 0 Å². The third-order valence-electron chi connectivity index (χ3n) is 4.64. The predicted molar refractivity (Wildman–Crippen MR) is 91.0 cm³/mol. The number of rotatable bonds is 5. The molecule has 112 valence electrons. The fourth-order valence-corrected chi connectivity index (χ4v) is 3.71. The largest absolute Gasteiger partial charge is 0.307 e. The fourth-order valence-electron chi connectivity index (χ4n) is 3.44. The van der Waals surface area contributed by atoms with Gasteiger partial charge in [0.15, 0.2) is 0 Å². The average molecular weight is 338 g/mol. The molecule has 0 radical (unpaired) electrons. The van der Waals surface area contributed by atoms with E-state index in [0.717, 1.165) is 10.4 Å². The van der Waals surface area contributed by atoms with E-state index >= 15 is 0 Å². The summed E-state index contributed by atoms with van der Waals surface area (Å²) in [6.07, 6.45) is 9.73. The Morgan fingerprint density at radius 1 is 1.15 bits per heavy atom. The standard InChI is InChI=1S/C18H28BrN/c1-3-5-15-6-4-7-18(13-8-15)20-14(2)16-9-11-17(19)12-10-16/h9-12,14-15,18,20H,3-8,13H2,1-2H3/t14-,15?,18?/m0/s1. The molecule has 2 unspecified atom stereocenters. The van der Waals surface area contributed by atoms with E-state index in [0.29, 0.717) is 12.1 Å². The summed E-state index contributed by atoms with van der Waals surface area (Å²) in [6.45, 7) is 4.61. The zero-order chi connectivity index (χ0) is 14.4. The monoisotopic (exact) mass is 337 g/mol. The smallest absolute Gasteiger partial charge is 0.0294 e. The van der Waals surface area contributed by atoms with Gasteiger partial charge in [0.25, 0.3) is 0 Å². The van der Waals surface area contributed by atoms with E-state index in [-0.39, 0.29) is 0 Å². The topological polar surface area (TPSA) is 12.0 Å². The van der Waals surface area contributed by atoms with Crippen molar-refractivity contribution in [1.82, 2.24) is 5.32 Å². The first-order valence-electron chi connectivity index (χ1n) is 8.20. The maximum Gasteiger partial charge on any atom is 0.0294 e. The van der Waals surface area contributed by atoms with E-state index in [1.54, 1.807) is 0 Å². The second-order valence-electron chi connectivity index (χ2n) is 6.30. The van der Waals surface area contributed by atoms with Crippen molar-refractivity contribution in [3.05, 3.63) is 34.3 Å². The quantitative estimate of drug-likeness (QED) is 0.664. The minimum absolute atomic E-state index is 0.454. The van der Waals surface area contributed by atoms with Crippen LogP contribution in [-0.4, -0.2) is 6.04 Å². The lowest BCUT2D eigenvalue weighted by Gasteiger charge is -2.22. The van der Waals surface area contributed by atoms with Crippen LogP contribution in [0.3, 0.4) is 0 Å². The SMILES string of the molecule is CCCC1CCCC(N[C@@H](C)c2ccc(Br)cc2)CC1. The van der Waals surface area contributed by atoms with E-state index in [1.165, 1.54) is 50.5 Å². The lowest BCUT2D eigenvalue weighted by molar-refractivity contribution is 0.393. The molecule has 1 aromatic carbocycles. The van der Waals surface area contributed by atoms with Crippen LogP contribution in [0.4, 0.5) is 0 Å². The highest BCUT2D eigenvalue weighted by Crippen LogP contribution is 2.28. The first-order chi connectivity index (χ1) is 9.69. The summed E-state index contributed by atoms with van der Waals surface area (Å²) in [5.41, 5.74) is 1.39. The van der Waals surface area contributed by atoms with Crippen molar-refractivity contribution in [2.24, 2.45) is 5.92 Å². The van der Waals surface area contributed by atoms with Crippen LogP contribution in [0.15, 0.2) is 28.7 Å². The van der Waals surface area contributed by atoms with Gasteiger partial charge in [0.2, 0.25) is 0 Å². The summed E-state index contributed by atoms with van der Waals surface area (Å²) in [5, 5.41) is 3.84. The molecule has 2 rings (SSSR count).